The van der Waals surface area contributed by atoms with E-state index in [-0.39, 0.29) is 5.92 Å². The van der Waals surface area contributed by atoms with E-state index in [1.807, 2.05) is 66.7 Å². The van der Waals surface area contributed by atoms with Gasteiger partial charge >= 0.3 is 0 Å². The van der Waals surface area contributed by atoms with Gasteiger partial charge in [-0.1, -0.05) is 67.4 Å². The van der Waals surface area contributed by atoms with Gasteiger partial charge in [-0.05, 0) is 59.2 Å². The van der Waals surface area contributed by atoms with Crippen LogP contribution in [0, 0.1) is 0 Å². The van der Waals surface area contributed by atoms with Gasteiger partial charge in [0.15, 0.2) is 0 Å². The van der Waals surface area contributed by atoms with Crippen LogP contribution in [0.1, 0.15) is 59.2 Å². The lowest BCUT2D eigenvalue weighted by molar-refractivity contribution is 0.0980. The van der Waals surface area contributed by atoms with Crippen LogP contribution in [0.3, 0.4) is 0 Å². The van der Waals surface area contributed by atoms with E-state index in [4.69, 9.17) is 4.74 Å². The Morgan fingerprint density at radius 1 is 1.00 bits per heavy atom. The van der Waals surface area contributed by atoms with Crippen molar-refractivity contribution in [3.8, 4) is 16.9 Å². The Hall–Kier alpha value is -3.20. The van der Waals surface area contributed by atoms with Crippen LogP contribution in [0.5, 0.6) is 5.75 Å². The third-order valence-corrected chi connectivity index (χ3v) is 7.18. The van der Waals surface area contributed by atoms with Crippen molar-refractivity contribution in [3.05, 3.63) is 89.5 Å². The van der Waals surface area contributed by atoms with Crippen molar-refractivity contribution in [3.63, 3.8) is 0 Å². The molecule has 196 valence electrons. The van der Waals surface area contributed by atoms with Gasteiger partial charge in [-0.15, -0.1) is 0 Å². The molecular formula is C29H34N2O5S. The molecule has 1 saturated carbocycles. The van der Waals surface area contributed by atoms with Gasteiger partial charge in [-0.25, -0.2) is 13.1 Å². The molecule has 1 amide bonds. The van der Waals surface area contributed by atoms with Gasteiger partial charge < -0.3 is 15.2 Å². The summed E-state index contributed by atoms with van der Waals surface area (Å²) in [4.78, 5) is 12.7. The van der Waals surface area contributed by atoms with Gasteiger partial charge in [0.05, 0.1) is 12.4 Å². The van der Waals surface area contributed by atoms with Crippen molar-refractivity contribution in [1.29, 1.82) is 0 Å². The van der Waals surface area contributed by atoms with Crippen LogP contribution >= 0.6 is 0 Å². The summed E-state index contributed by atoms with van der Waals surface area (Å²) in [5.74, 6) is 0.412. The molecule has 37 heavy (non-hydrogen) atoms. The Labute approximate surface area is 218 Å². The van der Waals surface area contributed by atoms with E-state index in [0.29, 0.717) is 25.3 Å². The first-order chi connectivity index (χ1) is 17.8. The first kappa shape index (κ1) is 26.9. The second-order valence-corrected chi connectivity index (χ2v) is 11.2. The quantitative estimate of drug-likeness (QED) is 0.323. The molecule has 3 aromatic carbocycles. The monoisotopic (exact) mass is 522 g/mol. The summed E-state index contributed by atoms with van der Waals surface area (Å²) in [6.07, 6.45) is 4.63. The minimum Gasteiger partial charge on any atom is -0.492 e. The van der Waals surface area contributed by atoms with Crippen molar-refractivity contribution in [2.75, 3.05) is 26.0 Å². The summed E-state index contributed by atoms with van der Waals surface area (Å²) >= 11 is 0. The fourth-order valence-corrected chi connectivity index (χ4v) is 5.21. The van der Waals surface area contributed by atoms with Crippen molar-refractivity contribution in [2.24, 2.45) is 0 Å². The van der Waals surface area contributed by atoms with Crippen LogP contribution in [0.15, 0.2) is 72.8 Å². The second-order valence-electron chi connectivity index (χ2n) is 9.49. The molecule has 0 aliphatic heterocycles. The number of hydrogen-bond acceptors (Lipinski definition) is 6. The third-order valence-electron chi connectivity index (χ3n) is 6.63. The lowest BCUT2D eigenvalue weighted by Crippen LogP contribution is -2.30. The van der Waals surface area contributed by atoms with Crippen LogP contribution in [0.2, 0.25) is 0 Å². The number of rotatable bonds is 11. The van der Waals surface area contributed by atoms with Crippen molar-refractivity contribution in [1.82, 2.24) is 10.0 Å². The van der Waals surface area contributed by atoms with E-state index in [1.54, 1.807) is 6.07 Å². The average molecular weight is 523 g/mol. The number of aliphatic hydroxyl groups excluding tert-OH is 1. The zero-order valence-corrected chi connectivity index (χ0v) is 21.8. The molecule has 0 heterocycles. The summed E-state index contributed by atoms with van der Waals surface area (Å²) in [5, 5.41) is 13.4. The predicted octanol–water partition coefficient (Wildman–Crippen LogP) is 4.40. The van der Waals surface area contributed by atoms with Gasteiger partial charge in [0.1, 0.15) is 12.4 Å². The molecule has 1 fully saturated rings. The average Bonchev–Trinajstić information content (AvgIpc) is 3.43. The van der Waals surface area contributed by atoms with Crippen LogP contribution in [0.25, 0.3) is 11.1 Å². The molecule has 1 aliphatic carbocycles. The molecule has 0 spiro atoms. The molecule has 1 atom stereocenters. The van der Waals surface area contributed by atoms with Crippen molar-refractivity contribution in [2.45, 2.75) is 37.7 Å². The van der Waals surface area contributed by atoms with Gasteiger partial charge in [0.25, 0.3) is 5.91 Å². The number of aliphatic hydroxyl groups is 1. The van der Waals surface area contributed by atoms with Crippen molar-refractivity contribution < 1.29 is 23.1 Å². The standard InChI is InChI=1S/C29H34N2O5S/c1-37(34,35)31-29(33)26-16-13-24(19-27(26)22-7-5-6-8-22)21-11-14-25(15-12-21)36-18-17-30-20-28(32)23-9-3-2-4-10-23/h2-4,9-16,19,22,28,30,32H,5-8,17-18,20H2,1H3,(H,31,33)/t28-/m1/s1. The van der Waals surface area contributed by atoms with E-state index < -0.39 is 22.0 Å². The molecule has 8 heteroatoms. The van der Waals surface area contributed by atoms with Crippen LogP contribution < -0.4 is 14.8 Å². The number of carbonyl (C=O) groups excluding carboxylic acids is 1. The number of benzene rings is 3. The lowest BCUT2D eigenvalue weighted by atomic mass is 9.89. The van der Waals surface area contributed by atoms with Gasteiger partial charge in [0.2, 0.25) is 10.0 Å². The van der Waals surface area contributed by atoms with Crippen LogP contribution in [-0.2, 0) is 10.0 Å². The maximum Gasteiger partial charge on any atom is 0.265 e. The molecule has 3 aromatic rings. The summed E-state index contributed by atoms with van der Waals surface area (Å²) in [6.45, 7) is 1.53. The molecule has 0 aromatic heterocycles. The van der Waals surface area contributed by atoms with Crippen molar-refractivity contribution >= 4 is 15.9 Å². The van der Waals surface area contributed by atoms with Crippen LogP contribution in [-0.4, -0.2) is 45.4 Å². The number of carbonyl (C=O) groups is 1. The smallest absolute Gasteiger partial charge is 0.265 e. The predicted molar refractivity (Wildman–Crippen MR) is 145 cm³/mol. The molecule has 3 N–H and O–H groups in total. The maximum atomic E-state index is 12.7. The number of hydrogen-bond donors (Lipinski definition) is 3. The summed E-state index contributed by atoms with van der Waals surface area (Å²) in [6, 6.07) is 22.9. The third kappa shape index (κ3) is 7.64. The zero-order chi connectivity index (χ0) is 26.3. The first-order valence-electron chi connectivity index (χ1n) is 12.6. The van der Waals surface area contributed by atoms with E-state index in [2.05, 4.69) is 10.0 Å². The Bertz CT molecular complexity index is 1290. The lowest BCUT2D eigenvalue weighted by Gasteiger charge is -2.17. The largest absolute Gasteiger partial charge is 0.492 e. The Morgan fingerprint density at radius 2 is 1.68 bits per heavy atom. The van der Waals surface area contributed by atoms with Gasteiger partial charge in [0, 0.05) is 18.7 Å². The SMILES string of the molecule is CS(=O)(=O)NC(=O)c1ccc(-c2ccc(OCCNC[C@@H](O)c3ccccc3)cc2)cc1C1CCCC1. The Kier molecular flexibility index (Phi) is 8.97. The van der Waals surface area contributed by atoms with E-state index >= 15 is 0 Å². The Balaban J connectivity index is 1.36. The van der Waals surface area contributed by atoms with E-state index in [9.17, 15) is 18.3 Å². The van der Waals surface area contributed by atoms with Crippen LogP contribution in [0.4, 0.5) is 0 Å². The minimum absolute atomic E-state index is 0.246. The number of sulfonamides is 1. The zero-order valence-electron chi connectivity index (χ0n) is 21.0. The Morgan fingerprint density at radius 3 is 2.35 bits per heavy atom. The fraction of sp³-hybridized carbons (Fsp3) is 0.345. The number of amides is 1. The first-order valence-corrected chi connectivity index (χ1v) is 14.5. The van der Waals surface area contributed by atoms with E-state index in [0.717, 1.165) is 59.9 Å². The summed E-state index contributed by atoms with van der Waals surface area (Å²) < 4.78 is 31.2. The van der Waals surface area contributed by atoms with Gasteiger partial charge in [-0.2, -0.15) is 0 Å². The normalized spacial score (nSPS) is 14.9. The summed E-state index contributed by atoms with van der Waals surface area (Å²) in [5.41, 5.74) is 4.17. The maximum absolute atomic E-state index is 12.7. The van der Waals surface area contributed by atoms with E-state index in [1.165, 1.54) is 0 Å². The molecule has 7 nitrogen and oxygen atoms in total. The molecule has 4 rings (SSSR count). The molecular weight excluding hydrogens is 488 g/mol. The molecule has 0 unspecified atom stereocenters. The highest BCUT2D eigenvalue weighted by molar-refractivity contribution is 7.89. The fourth-order valence-electron chi connectivity index (χ4n) is 4.76. The number of nitrogens with one attached hydrogen (secondary N) is 2. The van der Waals surface area contributed by atoms with Gasteiger partial charge in [-0.3, -0.25) is 4.79 Å². The topological polar surface area (TPSA) is 105 Å². The molecule has 0 radical (unpaired) electrons. The molecule has 1 aliphatic rings. The minimum atomic E-state index is -3.64. The highest BCUT2D eigenvalue weighted by atomic mass is 32.2. The highest BCUT2D eigenvalue weighted by Crippen LogP contribution is 2.38. The summed E-state index contributed by atoms with van der Waals surface area (Å²) in [7, 11) is -3.64. The molecule has 0 bridgehead atoms. The molecule has 0 saturated heterocycles. The number of ether oxygens (including phenoxy) is 1. The second kappa shape index (κ2) is 12.4. The highest BCUT2D eigenvalue weighted by Gasteiger charge is 2.24.